The summed E-state index contributed by atoms with van der Waals surface area (Å²) < 4.78 is 10.8. The Balaban J connectivity index is 2.23. The molecule has 3 nitrogen and oxygen atoms in total. The Labute approximate surface area is 97.0 Å². The summed E-state index contributed by atoms with van der Waals surface area (Å²) in [5.74, 6) is 0. The van der Waals surface area contributed by atoms with Gasteiger partial charge in [-0.25, -0.2) is 0 Å². The molecule has 0 aliphatic carbocycles. The Morgan fingerprint density at radius 2 is 1.94 bits per heavy atom. The second-order valence-electron chi connectivity index (χ2n) is 3.94. The van der Waals surface area contributed by atoms with Crippen LogP contribution in [0.5, 0.6) is 0 Å². The maximum absolute atomic E-state index is 9.23. The van der Waals surface area contributed by atoms with Crippen LogP contribution in [-0.4, -0.2) is 31.0 Å². The van der Waals surface area contributed by atoms with Crippen LogP contribution in [0.4, 0.5) is 0 Å². The van der Waals surface area contributed by atoms with Crippen LogP contribution in [0.15, 0.2) is 30.3 Å². The van der Waals surface area contributed by atoms with Crippen LogP contribution >= 0.6 is 0 Å². The topological polar surface area (TPSA) is 38.7 Å². The maximum Gasteiger partial charge on any atom is 0.0829 e. The fourth-order valence-corrected chi connectivity index (χ4v) is 1.50. The third-order valence-corrected chi connectivity index (χ3v) is 2.35. The summed E-state index contributed by atoms with van der Waals surface area (Å²) in [4.78, 5) is 0. The van der Waals surface area contributed by atoms with Gasteiger partial charge in [0.25, 0.3) is 0 Å². The van der Waals surface area contributed by atoms with E-state index in [9.17, 15) is 5.11 Å². The molecule has 90 valence electrons. The van der Waals surface area contributed by atoms with Crippen molar-refractivity contribution >= 4 is 0 Å². The molecule has 0 saturated carbocycles. The first-order chi connectivity index (χ1) is 7.72. The molecule has 1 rings (SSSR count). The van der Waals surface area contributed by atoms with Crippen molar-refractivity contribution < 1.29 is 14.6 Å². The van der Waals surface area contributed by atoms with Gasteiger partial charge in [-0.05, 0) is 12.5 Å². The van der Waals surface area contributed by atoms with Crippen LogP contribution in [0.25, 0.3) is 0 Å². The average molecular weight is 224 g/mol. The lowest BCUT2D eigenvalue weighted by atomic mass is 10.2. The molecule has 1 aromatic rings. The van der Waals surface area contributed by atoms with Gasteiger partial charge in [-0.15, -0.1) is 0 Å². The highest BCUT2D eigenvalue weighted by Crippen LogP contribution is 2.05. The molecule has 3 heteroatoms. The van der Waals surface area contributed by atoms with Crippen molar-refractivity contribution in [2.24, 2.45) is 0 Å². The van der Waals surface area contributed by atoms with Crippen molar-refractivity contribution in [2.45, 2.75) is 32.2 Å². The van der Waals surface area contributed by atoms with E-state index in [1.807, 2.05) is 30.3 Å². The molecule has 0 heterocycles. The summed E-state index contributed by atoms with van der Waals surface area (Å²) in [5, 5.41) is 9.23. The van der Waals surface area contributed by atoms with E-state index < -0.39 is 0 Å². The lowest BCUT2D eigenvalue weighted by Gasteiger charge is -2.16. The van der Waals surface area contributed by atoms with Crippen molar-refractivity contribution in [3.05, 3.63) is 35.9 Å². The van der Waals surface area contributed by atoms with Crippen LogP contribution in [0.2, 0.25) is 0 Å². The third-order valence-electron chi connectivity index (χ3n) is 2.35. The van der Waals surface area contributed by atoms with Gasteiger partial charge in [-0.3, -0.25) is 0 Å². The van der Waals surface area contributed by atoms with Gasteiger partial charge >= 0.3 is 0 Å². The Morgan fingerprint density at radius 1 is 1.25 bits per heavy atom. The minimum atomic E-state index is -0.356. The van der Waals surface area contributed by atoms with Crippen molar-refractivity contribution in [1.29, 1.82) is 0 Å². The zero-order chi connectivity index (χ0) is 11.8. The number of aliphatic hydroxyl groups excluding tert-OH is 1. The van der Waals surface area contributed by atoms with E-state index in [0.29, 0.717) is 19.6 Å². The van der Waals surface area contributed by atoms with Gasteiger partial charge in [-0.1, -0.05) is 30.3 Å². The predicted molar refractivity (Wildman–Crippen MR) is 63.2 cm³/mol. The van der Waals surface area contributed by atoms with E-state index >= 15 is 0 Å². The van der Waals surface area contributed by atoms with Crippen LogP contribution in [0.3, 0.4) is 0 Å². The van der Waals surface area contributed by atoms with Gasteiger partial charge in [0.1, 0.15) is 0 Å². The van der Waals surface area contributed by atoms with E-state index in [1.54, 1.807) is 14.0 Å². The van der Waals surface area contributed by atoms with Crippen molar-refractivity contribution in [3.8, 4) is 0 Å². The molecule has 2 unspecified atom stereocenters. The predicted octanol–water partition coefficient (Wildman–Crippen LogP) is 1.99. The number of hydrogen-bond donors (Lipinski definition) is 1. The van der Waals surface area contributed by atoms with Gasteiger partial charge in [-0.2, -0.15) is 0 Å². The fourth-order valence-electron chi connectivity index (χ4n) is 1.50. The summed E-state index contributed by atoms with van der Waals surface area (Å²) in [6.45, 7) is 2.85. The van der Waals surface area contributed by atoms with Crippen LogP contribution in [0.1, 0.15) is 18.9 Å². The van der Waals surface area contributed by atoms with Gasteiger partial charge in [0, 0.05) is 13.5 Å². The van der Waals surface area contributed by atoms with Gasteiger partial charge in [0.15, 0.2) is 0 Å². The van der Waals surface area contributed by atoms with Gasteiger partial charge in [0.2, 0.25) is 0 Å². The monoisotopic (exact) mass is 224 g/mol. The first-order valence-corrected chi connectivity index (χ1v) is 5.55. The highest BCUT2D eigenvalue weighted by atomic mass is 16.5. The second kappa shape index (κ2) is 7.39. The van der Waals surface area contributed by atoms with Crippen LogP contribution < -0.4 is 0 Å². The van der Waals surface area contributed by atoms with Crippen molar-refractivity contribution in [2.75, 3.05) is 13.7 Å². The van der Waals surface area contributed by atoms with Crippen LogP contribution in [-0.2, 0) is 16.1 Å². The summed E-state index contributed by atoms with van der Waals surface area (Å²) in [5.41, 5.74) is 1.15. The summed E-state index contributed by atoms with van der Waals surface area (Å²) >= 11 is 0. The first kappa shape index (κ1) is 13.2. The molecule has 0 spiro atoms. The van der Waals surface area contributed by atoms with Gasteiger partial charge < -0.3 is 14.6 Å². The molecular formula is C13H20O3. The first-order valence-electron chi connectivity index (χ1n) is 5.55. The summed E-state index contributed by atoms with van der Waals surface area (Å²) in [6.07, 6.45) is 0.208. The minimum absolute atomic E-state index is 0.0382. The zero-order valence-corrected chi connectivity index (χ0v) is 9.93. The molecule has 0 radical (unpaired) electrons. The fraction of sp³-hybridized carbons (Fsp3) is 0.538. The molecule has 0 saturated heterocycles. The van der Waals surface area contributed by atoms with E-state index in [1.165, 1.54) is 0 Å². The number of methoxy groups -OCH3 is 1. The average Bonchev–Trinajstić information content (AvgIpc) is 2.28. The highest BCUT2D eigenvalue weighted by Gasteiger charge is 2.10. The molecule has 0 aromatic heterocycles. The Morgan fingerprint density at radius 3 is 2.50 bits per heavy atom. The normalized spacial score (nSPS) is 14.7. The third kappa shape index (κ3) is 5.26. The van der Waals surface area contributed by atoms with Crippen LogP contribution in [0, 0.1) is 0 Å². The van der Waals surface area contributed by atoms with Crippen molar-refractivity contribution in [1.82, 2.24) is 0 Å². The Kier molecular flexibility index (Phi) is 6.08. The zero-order valence-electron chi connectivity index (χ0n) is 9.93. The minimum Gasteiger partial charge on any atom is -0.393 e. The number of benzene rings is 1. The van der Waals surface area contributed by atoms with E-state index in [-0.39, 0.29) is 12.2 Å². The van der Waals surface area contributed by atoms with Gasteiger partial charge in [0.05, 0.1) is 25.4 Å². The lowest BCUT2D eigenvalue weighted by molar-refractivity contribution is -0.0200. The largest absolute Gasteiger partial charge is 0.393 e. The Hall–Kier alpha value is -0.900. The number of rotatable bonds is 7. The van der Waals surface area contributed by atoms with E-state index in [2.05, 4.69) is 0 Å². The molecule has 0 aliphatic rings. The summed E-state index contributed by atoms with van der Waals surface area (Å²) in [7, 11) is 1.64. The molecule has 0 amide bonds. The standard InChI is InChI=1S/C13H20O3/c1-11(14)8-13(15-2)10-16-9-12-6-4-3-5-7-12/h3-7,11,13-14H,8-10H2,1-2H3. The highest BCUT2D eigenvalue weighted by molar-refractivity contribution is 5.13. The van der Waals surface area contributed by atoms with E-state index in [0.717, 1.165) is 5.56 Å². The molecule has 0 bridgehead atoms. The second-order valence-corrected chi connectivity index (χ2v) is 3.94. The smallest absolute Gasteiger partial charge is 0.0829 e. The molecule has 2 atom stereocenters. The Bertz CT molecular complexity index is 272. The quantitative estimate of drug-likeness (QED) is 0.769. The molecule has 1 aromatic carbocycles. The van der Waals surface area contributed by atoms with Crippen molar-refractivity contribution in [3.63, 3.8) is 0 Å². The molecule has 1 N–H and O–H groups in total. The SMILES string of the molecule is COC(COCc1ccccc1)CC(C)O. The molecular weight excluding hydrogens is 204 g/mol. The molecule has 0 aliphatic heterocycles. The maximum atomic E-state index is 9.23. The molecule has 16 heavy (non-hydrogen) atoms. The number of aliphatic hydroxyl groups is 1. The van der Waals surface area contributed by atoms with E-state index in [4.69, 9.17) is 9.47 Å². The number of ether oxygens (including phenoxy) is 2. The molecule has 0 fully saturated rings. The lowest BCUT2D eigenvalue weighted by Crippen LogP contribution is -2.23. The summed E-state index contributed by atoms with van der Waals surface area (Å²) in [6, 6.07) is 10.0. The number of hydrogen-bond acceptors (Lipinski definition) is 3.